The normalized spacial score (nSPS) is 14.6. The third-order valence-electron chi connectivity index (χ3n) is 4.47. The Bertz CT molecular complexity index is 1120. The van der Waals surface area contributed by atoms with Crippen LogP contribution >= 0.6 is 22.6 Å². The molecular formula is C24H18INO3. The minimum atomic E-state index is -0.442. The SMILES string of the molecule is Cc1ccccc1C1=N/C(=C\c2ccc(OCc3cccc(I)c3)cc2)C(=O)O1. The second-order valence-corrected chi connectivity index (χ2v) is 7.88. The number of esters is 1. The number of hydrogen-bond donors (Lipinski definition) is 0. The first-order valence-corrected chi connectivity index (χ1v) is 10.2. The third kappa shape index (κ3) is 4.74. The molecule has 4 nitrogen and oxygen atoms in total. The predicted molar refractivity (Wildman–Crippen MR) is 122 cm³/mol. The van der Waals surface area contributed by atoms with Gasteiger partial charge in [0.15, 0.2) is 5.70 Å². The van der Waals surface area contributed by atoms with Crippen molar-refractivity contribution < 1.29 is 14.3 Å². The number of cyclic esters (lactones) is 1. The van der Waals surface area contributed by atoms with Gasteiger partial charge in [0.05, 0.1) is 0 Å². The molecule has 0 saturated carbocycles. The highest BCUT2D eigenvalue weighted by molar-refractivity contribution is 14.1. The lowest BCUT2D eigenvalue weighted by Crippen LogP contribution is -2.06. The molecule has 0 bridgehead atoms. The molecule has 29 heavy (non-hydrogen) atoms. The summed E-state index contributed by atoms with van der Waals surface area (Å²) in [5.41, 5.74) is 4.09. The molecule has 0 atom stereocenters. The first-order valence-electron chi connectivity index (χ1n) is 9.14. The fraction of sp³-hybridized carbons (Fsp3) is 0.0833. The van der Waals surface area contributed by atoms with E-state index in [1.54, 1.807) is 6.08 Å². The van der Waals surface area contributed by atoms with Crippen LogP contribution in [0.5, 0.6) is 5.75 Å². The zero-order valence-electron chi connectivity index (χ0n) is 15.8. The molecule has 0 N–H and O–H groups in total. The van der Waals surface area contributed by atoms with Gasteiger partial charge in [-0.2, -0.15) is 0 Å². The van der Waals surface area contributed by atoms with E-state index in [1.807, 2.05) is 73.7 Å². The van der Waals surface area contributed by atoms with E-state index in [2.05, 4.69) is 33.6 Å². The molecule has 3 aromatic carbocycles. The lowest BCUT2D eigenvalue weighted by molar-refractivity contribution is -0.129. The third-order valence-corrected chi connectivity index (χ3v) is 5.14. The first-order chi connectivity index (χ1) is 14.1. The fourth-order valence-electron chi connectivity index (χ4n) is 2.95. The van der Waals surface area contributed by atoms with Crippen molar-refractivity contribution in [3.63, 3.8) is 0 Å². The van der Waals surface area contributed by atoms with Crippen LogP contribution in [0.15, 0.2) is 83.5 Å². The number of carbonyl (C=O) groups excluding carboxylic acids is 1. The van der Waals surface area contributed by atoms with Crippen molar-refractivity contribution in [1.82, 2.24) is 0 Å². The molecule has 0 saturated heterocycles. The molecule has 3 aromatic rings. The number of rotatable bonds is 5. The van der Waals surface area contributed by atoms with E-state index >= 15 is 0 Å². The van der Waals surface area contributed by atoms with Gasteiger partial charge in [-0.1, -0.05) is 42.5 Å². The summed E-state index contributed by atoms with van der Waals surface area (Å²) in [4.78, 5) is 16.6. The van der Waals surface area contributed by atoms with E-state index in [1.165, 1.54) is 3.57 Å². The van der Waals surface area contributed by atoms with Crippen molar-refractivity contribution in [1.29, 1.82) is 0 Å². The maximum atomic E-state index is 12.2. The Morgan fingerprint density at radius 2 is 1.83 bits per heavy atom. The molecular weight excluding hydrogens is 477 g/mol. The molecule has 0 fully saturated rings. The highest BCUT2D eigenvalue weighted by atomic mass is 127. The van der Waals surface area contributed by atoms with Crippen molar-refractivity contribution in [2.24, 2.45) is 4.99 Å². The minimum absolute atomic E-state index is 0.288. The largest absolute Gasteiger partial charge is 0.489 e. The van der Waals surface area contributed by atoms with Crippen LogP contribution in [-0.2, 0) is 16.1 Å². The van der Waals surface area contributed by atoms with Gasteiger partial charge in [0.25, 0.3) is 0 Å². The zero-order valence-corrected chi connectivity index (χ0v) is 17.9. The lowest BCUT2D eigenvalue weighted by atomic mass is 10.1. The molecule has 0 radical (unpaired) electrons. The summed E-state index contributed by atoms with van der Waals surface area (Å²) in [7, 11) is 0. The number of halogens is 1. The summed E-state index contributed by atoms with van der Waals surface area (Å²) < 4.78 is 12.4. The topological polar surface area (TPSA) is 47.9 Å². The maximum absolute atomic E-state index is 12.2. The summed E-state index contributed by atoms with van der Waals surface area (Å²) in [5, 5.41) is 0. The van der Waals surface area contributed by atoms with Gasteiger partial charge in [0, 0.05) is 9.13 Å². The number of aliphatic imine (C=N–C) groups is 1. The number of carbonyl (C=O) groups is 1. The zero-order chi connectivity index (χ0) is 20.2. The van der Waals surface area contributed by atoms with Crippen LogP contribution in [0.3, 0.4) is 0 Å². The molecule has 0 unspecified atom stereocenters. The average molecular weight is 495 g/mol. The van der Waals surface area contributed by atoms with E-state index in [0.29, 0.717) is 12.5 Å². The Morgan fingerprint density at radius 3 is 2.59 bits per heavy atom. The van der Waals surface area contributed by atoms with E-state index in [0.717, 1.165) is 28.0 Å². The number of ether oxygens (including phenoxy) is 2. The Hall–Kier alpha value is -2.93. The van der Waals surface area contributed by atoms with Crippen LogP contribution in [0.2, 0.25) is 0 Å². The Balaban J connectivity index is 1.47. The van der Waals surface area contributed by atoms with Crippen molar-refractivity contribution >= 4 is 40.5 Å². The second kappa shape index (κ2) is 8.61. The number of benzene rings is 3. The summed E-state index contributed by atoms with van der Waals surface area (Å²) in [5.74, 6) is 0.670. The molecule has 1 heterocycles. The smallest absolute Gasteiger partial charge is 0.363 e. The molecule has 5 heteroatoms. The van der Waals surface area contributed by atoms with Crippen molar-refractivity contribution in [2.45, 2.75) is 13.5 Å². The Kier molecular flexibility index (Phi) is 5.76. The van der Waals surface area contributed by atoms with Gasteiger partial charge in [-0.05, 0) is 82.6 Å². The average Bonchev–Trinajstić information content (AvgIpc) is 3.08. The molecule has 1 aliphatic rings. The number of aryl methyl sites for hydroxylation is 1. The number of nitrogens with zero attached hydrogens (tertiary/aromatic N) is 1. The molecule has 0 amide bonds. The quantitative estimate of drug-likeness (QED) is 0.266. The van der Waals surface area contributed by atoms with E-state index in [4.69, 9.17) is 9.47 Å². The lowest BCUT2D eigenvalue weighted by Gasteiger charge is -2.07. The van der Waals surface area contributed by atoms with Gasteiger partial charge >= 0.3 is 5.97 Å². The maximum Gasteiger partial charge on any atom is 0.363 e. The van der Waals surface area contributed by atoms with E-state index in [9.17, 15) is 4.79 Å². The summed E-state index contributed by atoms with van der Waals surface area (Å²) in [6.45, 7) is 2.47. The standard InChI is InChI=1S/C24H18INO3/c1-16-5-2-3-8-21(16)23-26-22(24(27)29-23)14-17-9-11-20(12-10-17)28-15-18-6-4-7-19(25)13-18/h2-14H,15H2,1H3/b22-14-. The van der Waals surface area contributed by atoms with Crippen LogP contribution in [0.4, 0.5) is 0 Å². The summed E-state index contributed by atoms with van der Waals surface area (Å²) in [6, 6.07) is 23.4. The van der Waals surface area contributed by atoms with Crippen molar-refractivity contribution in [3.05, 3.63) is 104 Å². The highest BCUT2D eigenvalue weighted by Gasteiger charge is 2.24. The number of hydrogen-bond acceptors (Lipinski definition) is 4. The monoisotopic (exact) mass is 495 g/mol. The van der Waals surface area contributed by atoms with Crippen molar-refractivity contribution in [2.75, 3.05) is 0 Å². The molecule has 4 rings (SSSR count). The van der Waals surface area contributed by atoms with Crippen LogP contribution in [-0.4, -0.2) is 11.9 Å². The summed E-state index contributed by atoms with van der Waals surface area (Å²) >= 11 is 2.29. The van der Waals surface area contributed by atoms with Gasteiger partial charge < -0.3 is 9.47 Å². The van der Waals surface area contributed by atoms with E-state index < -0.39 is 5.97 Å². The van der Waals surface area contributed by atoms with Gasteiger partial charge in [-0.25, -0.2) is 9.79 Å². The Morgan fingerprint density at radius 1 is 1.03 bits per heavy atom. The van der Waals surface area contributed by atoms with Crippen LogP contribution in [0, 0.1) is 10.5 Å². The van der Waals surface area contributed by atoms with Crippen LogP contribution < -0.4 is 4.74 Å². The van der Waals surface area contributed by atoms with Crippen molar-refractivity contribution in [3.8, 4) is 5.75 Å². The van der Waals surface area contributed by atoms with E-state index in [-0.39, 0.29) is 5.70 Å². The summed E-state index contributed by atoms with van der Waals surface area (Å²) in [6.07, 6.45) is 1.72. The highest BCUT2D eigenvalue weighted by Crippen LogP contribution is 2.22. The van der Waals surface area contributed by atoms with Gasteiger partial charge in [0.1, 0.15) is 12.4 Å². The van der Waals surface area contributed by atoms with Crippen LogP contribution in [0.1, 0.15) is 22.3 Å². The molecule has 0 spiro atoms. The molecule has 0 aliphatic carbocycles. The molecule has 144 valence electrons. The van der Waals surface area contributed by atoms with Gasteiger partial charge in [-0.15, -0.1) is 0 Å². The van der Waals surface area contributed by atoms with Gasteiger partial charge in [0.2, 0.25) is 5.90 Å². The van der Waals surface area contributed by atoms with Gasteiger partial charge in [-0.3, -0.25) is 0 Å². The molecule has 1 aliphatic heterocycles. The fourth-order valence-corrected chi connectivity index (χ4v) is 3.56. The minimum Gasteiger partial charge on any atom is -0.489 e. The Labute approximate surface area is 183 Å². The first kappa shape index (κ1) is 19.4. The molecule has 0 aromatic heterocycles. The second-order valence-electron chi connectivity index (χ2n) is 6.64. The van der Waals surface area contributed by atoms with Crippen LogP contribution in [0.25, 0.3) is 6.08 Å². The predicted octanol–water partition coefficient (Wildman–Crippen LogP) is 5.52.